The number of halogens is 2. The maximum Gasteiger partial charge on any atom is 0.267 e. The van der Waals surface area contributed by atoms with E-state index < -0.39 is 11.7 Å². The molecule has 0 aliphatic carbocycles. The number of aromatic nitrogens is 4. The van der Waals surface area contributed by atoms with Crippen LogP contribution in [-0.4, -0.2) is 32.8 Å². The first kappa shape index (κ1) is 20.9. The number of methoxy groups -OCH3 is 1. The zero-order chi connectivity index (χ0) is 22.4. The molecule has 0 radical (unpaired) electrons. The molecule has 3 N–H and O–H groups in total. The Bertz CT molecular complexity index is 1330. The van der Waals surface area contributed by atoms with Crippen LogP contribution in [-0.2, 0) is 7.05 Å². The average Bonchev–Trinajstić information content (AvgIpc) is 3.28. The number of carbonyl (C=O) groups excluding carboxylic acids is 1. The molecule has 1 amide bonds. The van der Waals surface area contributed by atoms with Gasteiger partial charge in [-0.15, -0.1) is 0 Å². The molecule has 0 fully saturated rings. The minimum absolute atomic E-state index is 0.0180. The van der Waals surface area contributed by atoms with Gasteiger partial charge < -0.3 is 15.5 Å². The number of benzene rings is 1. The molecule has 0 saturated heterocycles. The highest BCUT2D eigenvalue weighted by atomic mass is 35.5. The lowest BCUT2D eigenvalue weighted by molar-refractivity contribution is 0.0992. The van der Waals surface area contributed by atoms with Gasteiger partial charge in [0.05, 0.1) is 17.8 Å². The van der Waals surface area contributed by atoms with Crippen molar-refractivity contribution in [2.45, 2.75) is 19.8 Å². The average molecular weight is 442 g/mol. The number of pyridine rings is 1. The predicted molar refractivity (Wildman–Crippen MR) is 117 cm³/mol. The number of nitrogens with one attached hydrogen (secondary N) is 1. The number of hydrogen-bond donors (Lipinski definition) is 2. The number of primary amides is 1. The van der Waals surface area contributed by atoms with Crippen molar-refractivity contribution in [1.29, 1.82) is 0 Å². The van der Waals surface area contributed by atoms with Crippen LogP contribution in [0.5, 0.6) is 5.75 Å². The van der Waals surface area contributed by atoms with Gasteiger partial charge in [0.2, 0.25) is 0 Å². The molecular formula is C22H21ClFN5O2. The minimum atomic E-state index is -0.572. The summed E-state index contributed by atoms with van der Waals surface area (Å²) in [4.78, 5) is 19.7. The molecular weight excluding hydrogens is 421 g/mol. The van der Waals surface area contributed by atoms with Gasteiger partial charge in [0, 0.05) is 47.4 Å². The van der Waals surface area contributed by atoms with Gasteiger partial charge in [-0.25, -0.2) is 9.37 Å². The second-order valence-corrected chi connectivity index (χ2v) is 7.74. The normalized spacial score (nSPS) is 12.3. The fourth-order valence-corrected chi connectivity index (χ4v) is 4.41. The molecule has 31 heavy (non-hydrogen) atoms. The summed E-state index contributed by atoms with van der Waals surface area (Å²) in [6.45, 7) is 3.73. The molecule has 0 aliphatic rings. The fraction of sp³-hybridized carbons (Fsp3) is 0.227. The number of H-pyrrole nitrogens is 1. The molecule has 0 spiro atoms. The van der Waals surface area contributed by atoms with Crippen molar-refractivity contribution in [2.24, 2.45) is 12.8 Å². The van der Waals surface area contributed by atoms with E-state index in [9.17, 15) is 9.18 Å². The van der Waals surface area contributed by atoms with E-state index in [0.717, 1.165) is 10.9 Å². The first-order valence-electron chi connectivity index (χ1n) is 9.57. The first-order valence-corrected chi connectivity index (χ1v) is 9.95. The minimum Gasteiger partial charge on any atom is -0.496 e. The largest absolute Gasteiger partial charge is 0.496 e. The van der Waals surface area contributed by atoms with Gasteiger partial charge >= 0.3 is 0 Å². The molecule has 3 heterocycles. The zero-order valence-corrected chi connectivity index (χ0v) is 18.2. The highest BCUT2D eigenvalue weighted by Gasteiger charge is 2.24. The van der Waals surface area contributed by atoms with Crippen molar-refractivity contribution in [3.05, 3.63) is 63.9 Å². The molecule has 9 heteroatoms. The predicted octanol–water partition coefficient (Wildman–Crippen LogP) is 4.32. The van der Waals surface area contributed by atoms with Crippen molar-refractivity contribution in [1.82, 2.24) is 19.7 Å². The van der Waals surface area contributed by atoms with Crippen LogP contribution in [0.3, 0.4) is 0 Å². The third-order valence-electron chi connectivity index (χ3n) is 5.52. The van der Waals surface area contributed by atoms with E-state index in [4.69, 9.17) is 22.1 Å². The summed E-state index contributed by atoms with van der Waals surface area (Å²) in [5.41, 5.74) is 9.95. The monoisotopic (exact) mass is 441 g/mol. The van der Waals surface area contributed by atoms with E-state index >= 15 is 0 Å². The Hall–Kier alpha value is -3.39. The van der Waals surface area contributed by atoms with Gasteiger partial charge in [0.25, 0.3) is 5.91 Å². The molecule has 4 rings (SSSR count). The number of nitrogens with two attached hydrogens (primary N) is 1. The van der Waals surface area contributed by atoms with Crippen LogP contribution in [0, 0.1) is 12.7 Å². The number of amides is 1. The Labute approximate surface area is 183 Å². The summed E-state index contributed by atoms with van der Waals surface area (Å²) in [7, 11) is 3.19. The van der Waals surface area contributed by atoms with Gasteiger partial charge in [-0.05, 0) is 30.7 Å². The van der Waals surface area contributed by atoms with Crippen LogP contribution in [0.4, 0.5) is 4.39 Å². The number of rotatable bonds is 5. The third-order valence-corrected chi connectivity index (χ3v) is 5.90. The summed E-state index contributed by atoms with van der Waals surface area (Å²) in [6, 6.07) is 4.76. The van der Waals surface area contributed by atoms with Crippen molar-refractivity contribution < 1.29 is 13.9 Å². The Balaban J connectivity index is 1.91. The van der Waals surface area contributed by atoms with Crippen molar-refractivity contribution in [2.75, 3.05) is 7.11 Å². The number of fused-ring (bicyclic) bond motifs is 1. The Morgan fingerprint density at radius 2 is 2.13 bits per heavy atom. The number of nitrogens with zero attached hydrogens (tertiary/aromatic N) is 3. The van der Waals surface area contributed by atoms with Crippen molar-refractivity contribution >= 4 is 28.5 Å². The standard InChI is InChI=1S/C22H21ClFN5O2/c1-10(17-16(31-4)6-5-15(24)19(17)23)14-9-27-22-13(14)7-12(8-26-22)18-11(2)28-29(3)20(18)21(25)30/h5-10H,1-4H3,(H2,25,30)(H,26,27)/t10-/m0/s1. The molecule has 7 nitrogen and oxygen atoms in total. The fourth-order valence-electron chi connectivity index (χ4n) is 4.09. The zero-order valence-electron chi connectivity index (χ0n) is 17.5. The molecule has 0 bridgehead atoms. The molecule has 1 aromatic carbocycles. The lowest BCUT2D eigenvalue weighted by Crippen LogP contribution is -2.16. The van der Waals surface area contributed by atoms with E-state index in [0.29, 0.717) is 39.5 Å². The number of carbonyl (C=O) groups is 1. The summed E-state index contributed by atoms with van der Waals surface area (Å²) in [5.74, 6) is -0.886. The summed E-state index contributed by atoms with van der Waals surface area (Å²) < 4.78 is 21.1. The number of ether oxygens (including phenoxy) is 1. The lowest BCUT2D eigenvalue weighted by atomic mass is 9.91. The SMILES string of the molecule is COc1ccc(F)c(Cl)c1[C@@H](C)c1c[nH]c2ncc(-c3c(C)nn(C)c3C(N)=O)cc12. The van der Waals surface area contributed by atoms with Crippen LogP contribution in [0.15, 0.2) is 30.6 Å². The molecule has 3 aromatic heterocycles. The summed E-state index contributed by atoms with van der Waals surface area (Å²) in [5, 5.41) is 5.16. The quantitative estimate of drug-likeness (QED) is 0.481. The molecule has 4 aromatic rings. The Kier molecular flexibility index (Phi) is 5.18. The van der Waals surface area contributed by atoms with Crippen LogP contribution in [0.25, 0.3) is 22.2 Å². The van der Waals surface area contributed by atoms with Crippen LogP contribution in [0.1, 0.15) is 40.2 Å². The number of hydrogen-bond acceptors (Lipinski definition) is 4. The first-order chi connectivity index (χ1) is 14.7. The maximum atomic E-state index is 14.2. The molecule has 0 saturated carbocycles. The number of aryl methyl sites for hydroxylation is 2. The Morgan fingerprint density at radius 3 is 2.81 bits per heavy atom. The van der Waals surface area contributed by atoms with Crippen molar-refractivity contribution in [3.63, 3.8) is 0 Å². The Morgan fingerprint density at radius 1 is 1.39 bits per heavy atom. The van der Waals surface area contributed by atoms with Crippen LogP contribution in [0.2, 0.25) is 5.02 Å². The van der Waals surface area contributed by atoms with E-state index in [1.165, 1.54) is 17.9 Å². The highest BCUT2D eigenvalue weighted by Crippen LogP contribution is 2.41. The van der Waals surface area contributed by atoms with Crippen LogP contribution < -0.4 is 10.5 Å². The van der Waals surface area contributed by atoms with Gasteiger partial charge in [-0.1, -0.05) is 18.5 Å². The summed E-state index contributed by atoms with van der Waals surface area (Å²) >= 11 is 6.30. The molecule has 1 atom stereocenters. The van der Waals surface area contributed by atoms with Crippen molar-refractivity contribution in [3.8, 4) is 16.9 Å². The number of aromatic amines is 1. The lowest BCUT2D eigenvalue weighted by Gasteiger charge is -2.17. The van der Waals surface area contributed by atoms with Gasteiger partial charge in [0.15, 0.2) is 0 Å². The second kappa shape index (κ2) is 7.70. The van der Waals surface area contributed by atoms with Crippen LogP contribution >= 0.6 is 11.6 Å². The third kappa shape index (κ3) is 3.33. The maximum absolute atomic E-state index is 14.2. The van der Waals surface area contributed by atoms with Gasteiger partial charge in [-0.3, -0.25) is 9.48 Å². The van der Waals surface area contributed by atoms with E-state index in [1.807, 2.05) is 26.1 Å². The topological polar surface area (TPSA) is 98.8 Å². The van der Waals surface area contributed by atoms with E-state index in [2.05, 4.69) is 15.1 Å². The van der Waals surface area contributed by atoms with E-state index in [-0.39, 0.29) is 10.9 Å². The molecule has 160 valence electrons. The van der Waals surface area contributed by atoms with Gasteiger partial charge in [-0.2, -0.15) is 5.10 Å². The molecule has 0 aliphatic heterocycles. The molecule has 0 unspecified atom stereocenters. The smallest absolute Gasteiger partial charge is 0.267 e. The highest BCUT2D eigenvalue weighted by molar-refractivity contribution is 6.31. The van der Waals surface area contributed by atoms with Gasteiger partial charge in [0.1, 0.15) is 22.9 Å². The summed E-state index contributed by atoms with van der Waals surface area (Å²) in [6.07, 6.45) is 3.48. The van der Waals surface area contributed by atoms with E-state index in [1.54, 1.807) is 19.3 Å². The second-order valence-electron chi connectivity index (χ2n) is 7.36.